The van der Waals surface area contributed by atoms with Gasteiger partial charge < -0.3 is 10.6 Å². The Morgan fingerprint density at radius 3 is 2.69 bits per heavy atom. The molecule has 0 spiro atoms. The topological polar surface area (TPSA) is 41.1 Å². The van der Waals surface area contributed by atoms with Crippen molar-refractivity contribution in [2.45, 2.75) is 26.2 Å². The van der Waals surface area contributed by atoms with E-state index in [1.807, 2.05) is 14.0 Å². The number of hydrogen-bond donors (Lipinski definition) is 2. The van der Waals surface area contributed by atoms with E-state index in [-0.39, 0.29) is 11.8 Å². The van der Waals surface area contributed by atoms with E-state index in [1.165, 1.54) is 19.3 Å². The Balaban J connectivity index is 2.08. The molecule has 1 unspecified atom stereocenters. The molecule has 0 saturated heterocycles. The van der Waals surface area contributed by atoms with Gasteiger partial charge in [0.2, 0.25) is 5.91 Å². The van der Waals surface area contributed by atoms with Crippen LogP contribution in [0.4, 0.5) is 0 Å². The molecule has 1 rings (SSSR count). The van der Waals surface area contributed by atoms with Crippen LogP contribution in [-0.2, 0) is 4.79 Å². The van der Waals surface area contributed by atoms with Gasteiger partial charge in [0.15, 0.2) is 0 Å². The quantitative estimate of drug-likeness (QED) is 0.662. The van der Waals surface area contributed by atoms with Crippen molar-refractivity contribution in [3.8, 4) is 0 Å². The summed E-state index contributed by atoms with van der Waals surface area (Å²) >= 11 is 0. The van der Waals surface area contributed by atoms with Gasteiger partial charge in [-0.25, -0.2) is 0 Å². The molecule has 76 valence electrons. The molecule has 3 nitrogen and oxygen atoms in total. The van der Waals surface area contributed by atoms with E-state index >= 15 is 0 Å². The molecule has 1 aliphatic carbocycles. The lowest BCUT2D eigenvalue weighted by atomic mass is 9.85. The fraction of sp³-hybridized carbons (Fsp3) is 0.900. The number of carbonyl (C=O) groups excluding carboxylic acids is 1. The minimum Gasteiger partial charge on any atom is -0.356 e. The zero-order valence-corrected chi connectivity index (χ0v) is 8.60. The van der Waals surface area contributed by atoms with Crippen LogP contribution in [0.2, 0.25) is 0 Å². The molecular weight excluding hydrogens is 164 g/mol. The highest BCUT2D eigenvalue weighted by atomic mass is 16.1. The average Bonchev–Trinajstić information content (AvgIpc) is 2.01. The smallest absolute Gasteiger partial charge is 0.224 e. The van der Waals surface area contributed by atoms with E-state index in [2.05, 4.69) is 10.6 Å². The van der Waals surface area contributed by atoms with Crippen molar-refractivity contribution in [1.82, 2.24) is 10.6 Å². The van der Waals surface area contributed by atoms with E-state index < -0.39 is 0 Å². The molecule has 0 heterocycles. The van der Waals surface area contributed by atoms with Crippen molar-refractivity contribution >= 4 is 5.91 Å². The first-order valence-corrected chi connectivity index (χ1v) is 5.16. The van der Waals surface area contributed by atoms with Crippen LogP contribution in [0.25, 0.3) is 0 Å². The van der Waals surface area contributed by atoms with Crippen LogP contribution in [0.5, 0.6) is 0 Å². The van der Waals surface area contributed by atoms with Gasteiger partial charge in [-0.2, -0.15) is 0 Å². The number of hydrogen-bond acceptors (Lipinski definition) is 2. The molecule has 0 radical (unpaired) electrons. The third-order valence-electron chi connectivity index (χ3n) is 2.75. The third kappa shape index (κ3) is 3.35. The maximum absolute atomic E-state index is 11.4. The number of carbonyl (C=O) groups is 1. The van der Waals surface area contributed by atoms with Crippen molar-refractivity contribution in [2.24, 2.45) is 11.8 Å². The van der Waals surface area contributed by atoms with Crippen molar-refractivity contribution < 1.29 is 4.79 Å². The predicted octanol–water partition coefficient (Wildman–Crippen LogP) is 0.758. The van der Waals surface area contributed by atoms with Crippen molar-refractivity contribution in [3.63, 3.8) is 0 Å². The van der Waals surface area contributed by atoms with E-state index in [0.717, 1.165) is 19.0 Å². The van der Waals surface area contributed by atoms with Gasteiger partial charge in [0, 0.05) is 19.0 Å². The molecule has 3 heteroatoms. The van der Waals surface area contributed by atoms with Crippen molar-refractivity contribution in [1.29, 1.82) is 0 Å². The van der Waals surface area contributed by atoms with Crippen LogP contribution in [-0.4, -0.2) is 26.0 Å². The SMILES string of the molecule is CNCC(C)C(=O)NCC1CCC1. The summed E-state index contributed by atoms with van der Waals surface area (Å²) in [6.45, 7) is 3.59. The molecule has 1 saturated carbocycles. The molecule has 1 atom stereocenters. The standard InChI is InChI=1S/C10H20N2O/c1-8(6-11-2)10(13)12-7-9-4-3-5-9/h8-9,11H,3-7H2,1-2H3,(H,12,13). The van der Waals surface area contributed by atoms with Gasteiger partial charge in [-0.3, -0.25) is 4.79 Å². The van der Waals surface area contributed by atoms with E-state index in [4.69, 9.17) is 0 Å². The summed E-state index contributed by atoms with van der Waals surface area (Å²) in [4.78, 5) is 11.4. The zero-order valence-electron chi connectivity index (χ0n) is 8.60. The predicted molar refractivity (Wildman–Crippen MR) is 53.4 cm³/mol. The van der Waals surface area contributed by atoms with Gasteiger partial charge in [-0.15, -0.1) is 0 Å². The summed E-state index contributed by atoms with van der Waals surface area (Å²) in [5.41, 5.74) is 0. The second-order valence-electron chi connectivity index (χ2n) is 4.00. The van der Waals surface area contributed by atoms with Crippen LogP contribution in [0.15, 0.2) is 0 Å². The Hall–Kier alpha value is -0.570. The highest BCUT2D eigenvalue weighted by molar-refractivity contribution is 5.78. The largest absolute Gasteiger partial charge is 0.356 e. The Morgan fingerprint density at radius 2 is 2.23 bits per heavy atom. The first-order valence-electron chi connectivity index (χ1n) is 5.16. The molecule has 13 heavy (non-hydrogen) atoms. The van der Waals surface area contributed by atoms with Crippen molar-refractivity contribution in [3.05, 3.63) is 0 Å². The Morgan fingerprint density at radius 1 is 1.54 bits per heavy atom. The summed E-state index contributed by atoms with van der Waals surface area (Å²) in [6.07, 6.45) is 3.92. The monoisotopic (exact) mass is 184 g/mol. The van der Waals surface area contributed by atoms with Crippen molar-refractivity contribution in [2.75, 3.05) is 20.1 Å². The summed E-state index contributed by atoms with van der Waals surface area (Å²) in [6, 6.07) is 0. The first kappa shape index (κ1) is 10.5. The Bertz CT molecular complexity index is 166. The normalized spacial score (nSPS) is 19.2. The fourth-order valence-electron chi connectivity index (χ4n) is 1.51. The summed E-state index contributed by atoms with van der Waals surface area (Å²) in [5, 5.41) is 5.99. The highest BCUT2D eigenvalue weighted by Gasteiger charge is 2.19. The maximum Gasteiger partial charge on any atom is 0.224 e. The molecular formula is C10H20N2O. The van der Waals surface area contributed by atoms with Crippen LogP contribution in [0.3, 0.4) is 0 Å². The highest BCUT2D eigenvalue weighted by Crippen LogP contribution is 2.25. The molecule has 0 bridgehead atoms. The second kappa shape index (κ2) is 5.22. The minimum absolute atomic E-state index is 0.0880. The molecule has 1 aliphatic rings. The lowest BCUT2D eigenvalue weighted by molar-refractivity contribution is -0.124. The van der Waals surface area contributed by atoms with E-state index in [1.54, 1.807) is 0 Å². The minimum atomic E-state index is 0.0880. The zero-order chi connectivity index (χ0) is 9.68. The Kier molecular flexibility index (Phi) is 4.22. The maximum atomic E-state index is 11.4. The second-order valence-corrected chi connectivity index (χ2v) is 4.00. The molecule has 1 amide bonds. The van der Waals surface area contributed by atoms with Gasteiger partial charge in [-0.05, 0) is 25.8 Å². The molecule has 0 aromatic carbocycles. The van der Waals surface area contributed by atoms with Crippen LogP contribution in [0.1, 0.15) is 26.2 Å². The fourth-order valence-corrected chi connectivity index (χ4v) is 1.51. The van der Waals surface area contributed by atoms with Gasteiger partial charge in [0.05, 0.1) is 0 Å². The number of rotatable bonds is 5. The van der Waals surface area contributed by atoms with Crippen LogP contribution in [0, 0.1) is 11.8 Å². The number of nitrogens with one attached hydrogen (secondary N) is 2. The lowest BCUT2D eigenvalue weighted by Gasteiger charge is -2.26. The number of amides is 1. The third-order valence-corrected chi connectivity index (χ3v) is 2.75. The summed E-state index contributed by atoms with van der Waals surface area (Å²) in [5.74, 6) is 1.03. The first-order chi connectivity index (χ1) is 6.24. The summed E-state index contributed by atoms with van der Waals surface area (Å²) in [7, 11) is 1.87. The van der Waals surface area contributed by atoms with E-state index in [0.29, 0.717) is 0 Å². The molecule has 0 aromatic rings. The van der Waals surface area contributed by atoms with Gasteiger partial charge in [-0.1, -0.05) is 13.3 Å². The van der Waals surface area contributed by atoms with Crippen LogP contribution < -0.4 is 10.6 Å². The molecule has 2 N–H and O–H groups in total. The van der Waals surface area contributed by atoms with Crippen LogP contribution >= 0.6 is 0 Å². The van der Waals surface area contributed by atoms with Gasteiger partial charge in [0.1, 0.15) is 0 Å². The Labute approximate surface area is 80.3 Å². The van der Waals surface area contributed by atoms with E-state index in [9.17, 15) is 4.79 Å². The van der Waals surface area contributed by atoms with Gasteiger partial charge >= 0.3 is 0 Å². The lowest BCUT2D eigenvalue weighted by Crippen LogP contribution is -2.38. The average molecular weight is 184 g/mol. The molecule has 0 aromatic heterocycles. The van der Waals surface area contributed by atoms with Gasteiger partial charge in [0.25, 0.3) is 0 Å². The summed E-state index contributed by atoms with van der Waals surface area (Å²) < 4.78 is 0. The molecule has 1 fully saturated rings. The molecule has 0 aliphatic heterocycles.